The molecule has 1 saturated carbocycles. The Balaban J connectivity index is 1.47. The molecule has 2 aromatic heterocycles. The maximum atomic E-state index is 13.5. The van der Waals surface area contributed by atoms with Crippen LogP contribution in [-0.4, -0.2) is 58.1 Å². The first-order chi connectivity index (χ1) is 14.2. The molecule has 3 fully saturated rings. The van der Waals surface area contributed by atoms with Gasteiger partial charge in [-0.25, -0.2) is 19.9 Å². The lowest BCUT2D eigenvalue weighted by atomic mass is 9.74. The minimum atomic E-state index is -0.499. The van der Waals surface area contributed by atoms with Gasteiger partial charge in [-0.1, -0.05) is 0 Å². The Bertz CT molecular complexity index is 870. The van der Waals surface area contributed by atoms with Gasteiger partial charge in [-0.3, -0.25) is 4.79 Å². The van der Waals surface area contributed by atoms with Crippen molar-refractivity contribution >= 4 is 17.8 Å². The maximum absolute atomic E-state index is 13.5. The number of nitrogens with one attached hydrogen (secondary N) is 1. The Morgan fingerprint density at radius 1 is 1.17 bits per heavy atom. The fourth-order valence-electron chi connectivity index (χ4n) is 4.71. The quantitative estimate of drug-likeness (QED) is 0.825. The average molecular weight is 393 g/mol. The van der Waals surface area contributed by atoms with Gasteiger partial charge in [0, 0.05) is 51.0 Å². The Hall–Kier alpha value is -2.77. The van der Waals surface area contributed by atoms with Crippen molar-refractivity contribution in [2.24, 2.45) is 11.3 Å². The van der Waals surface area contributed by atoms with Gasteiger partial charge in [0.2, 0.25) is 17.8 Å². The van der Waals surface area contributed by atoms with Crippen LogP contribution in [0.2, 0.25) is 0 Å². The van der Waals surface area contributed by atoms with E-state index in [1.807, 2.05) is 25.4 Å². The van der Waals surface area contributed by atoms with Crippen LogP contribution in [0.15, 0.2) is 30.9 Å². The lowest BCUT2D eigenvalue weighted by Gasteiger charge is -2.44. The molecule has 2 saturated heterocycles. The molecule has 2 aliphatic heterocycles. The molecule has 8 heteroatoms. The molecule has 0 radical (unpaired) electrons. The third-order valence-corrected chi connectivity index (χ3v) is 6.46. The zero-order valence-electron chi connectivity index (χ0n) is 16.8. The SMILES string of the molecule is Cc1cnc(N2C[C@H]3N(c4ncccn4)CCC[C@@]3(C(=O)NCC3CC3)C2)nc1. The predicted molar refractivity (Wildman–Crippen MR) is 110 cm³/mol. The molecule has 3 aliphatic rings. The van der Waals surface area contributed by atoms with Crippen molar-refractivity contribution in [3.63, 3.8) is 0 Å². The smallest absolute Gasteiger partial charge is 0.230 e. The molecule has 2 atom stereocenters. The number of carbonyl (C=O) groups excluding carboxylic acids is 1. The molecule has 8 nitrogen and oxygen atoms in total. The van der Waals surface area contributed by atoms with Crippen LogP contribution in [0.25, 0.3) is 0 Å². The standard InChI is InChI=1S/C21H27N7O/c1-15-10-25-19(26-11-15)27-13-17-21(14-27,18(29)24-12-16-4-5-16)6-2-9-28(17)20-22-7-3-8-23-20/h3,7-8,10-11,16-17H,2,4-6,9,12-14H2,1H3,(H,24,29)/t17-,21-/m1/s1. The number of rotatable bonds is 5. The molecule has 0 aromatic carbocycles. The molecule has 1 N–H and O–H groups in total. The van der Waals surface area contributed by atoms with Gasteiger partial charge in [0.05, 0.1) is 11.5 Å². The Labute approximate surface area is 170 Å². The molecule has 0 bridgehead atoms. The van der Waals surface area contributed by atoms with Crippen LogP contribution in [0.3, 0.4) is 0 Å². The molecule has 4 heterocycles. The monoisotopic (exact) mass is 393 g/mol. The number of fused-ring (bicyclic) bond motifs is 1. The zero-order valence-corrected chi connectivity index (χ0v) is 16.8. The third kappa shape index (κ3) is 3.41. The summed E-state index contributed by atoms with van der Waals surface area (Å²) >= 11 is 0. The number of carbonyl (C=O) groups is 1. The third-order valence-electron chi connectivity index (χ3n) is 6.46. The highest BCUT2D eigenvalue weighted by Gasteiger charge is 2.57. The molecular weight excluding hydrogens is 366 g/mol. The fourth-order valence-corrected chi connectivity index (χ4v) is 4.71. The van der Waals surface area contributed by atoms with Crippen molar-refractivity contribution in [3.8, 4) is 0 Å². The molecule has 0 unspecified atom stereocenters. The van der Waals surface area contributed by atoms with Crippen molar-refractivity contribution in [1.82, 2.24) is 25.3 Å². The molecule has 0 spiro atoms. The number of piperidine rings is 1. The first-order valence-corrected chi connectivity index (χ1v) is 10.5. The van der Waals surface area contributed by atoms with Crippen molar-refractivity contribution in [3.05, 3.63) is 36.4 Å². The van der Waals surface area contributed by atoms with Crippen LogP contribution in [0.5, 0.6) is 0 Å². The first kappa shape index (κ1) is 18.3. The van der Waals surface area contributed by atoms with E-state index in [-0.39, 0.29) is 11.9 Å². The first-order valence-electron chi connectivity index (χ1n) is 10.5. The van der Waals surface area contributed by atoms with Gasteiger partial charge in [0.1, 0.15) is 0 Å². The largest absolute Gasteiger partial charge is 0.355 e. The molecule has 5 rings (SSSR count). The summed E-state index contributed by atoms with van der Waals surface area (Å²) in [5.41, 5.74) is 0.530. The second kappa shape index (κ2) is 7.24. The van der Waals surface area contributed by atoms with E-state index in [1.54, 1.807) is 12.4 Å². The zero-order chi connectivity index (χ0) is 19.8. The van der Waals surface area contributed by atoms with E-state index in [9.17, 15) is 4.79 Å². The molecule has 29 heavy (non-hydrogen) atoms. The minimum Gasteiger partial charge on any atom is -0.355 e. The Kier molecular flexibility index (Phi) is 4.56. The summed E-state index contributed by atoms with van der Waals surface area (Å²) in [4.78, 5) is 35.9. The second-order valence-corrected chi connectivity index (χ2v) is 8.61. The van der Waals surface area contributed by atoms with Gasteiger partial charge in [-0.15, -0.1) is 0 Å². The van der Waals surface area contributed by atoms with E-state index in [0.717, 1.165) is 31.5 Å². The van der Waals surface area contributed by atoms with Crippen molar-refractivity contribution < 1.29 is 4.79 Å². The average Bonchev–Trinajstić information content (AvgIpc) is 3.50. The van der Waals surface area contributed by atoms with E-state index in [4.69, 9.17) is 0 Å². The predicted octanol–water partition coefficient (Wildman–Crippen LogP) is 1.58. The number of aromatic nitrogens is 4. The summed E-state index contributed by atoms with van der Waals surface area (Å²) in [5.74, 6) is 2.20. The molecule has 1 aliphatic carbocycles. The summed E-state index contributed by atoms with van der Waals surface area (Å²) in [6, 6.07) is 1.83. The van der Waals surface area contributed by atoms with Gasteiger partial charge in [-0.2, -0.15) is 0 Å². The Morgan fingerprint density at radius 2 is 1.93 bits per heavy atom. The van der Waals surface area contributed by atoms with E-state index < -0.39 is 5.41 Å². The highest BCUT2D eigenvalue weighted by atomic mass is 16.2. The molecule has 2 aromatic rings. The van der Waals surface area contributed by atoms with Gasteiger partial charge in [0.15, 0.2) is 0 Å². The molecule has 1 amide bonds. The number of hydrogen-bond acceptors (Lipinski definition) is 7. The van der Waals surface area contributed by atoms with Crippen LogP contribution in [0, 0.1) is 18.3 Å². The lowest BCUT2D eigenvalue weighted by molar-refractivity contribution is -0.131. The van der Waals surface area contributed by atoms with Gasteiger partial charge in [0.25, 0.3) is 0 Å². The van der Waals surface area contributed by atoms with E-state index in [2.05, 4.69) is 35.1 Å². The number of anilines is 2. The van der Waals surface area contributed by atoms with Crippen molar-refractivity contribution in [1.29, 1.82) is 0 Å². The summed E-state index contributed by atoms with van der Waals surface area (Å²) in [6.45, 7) is 4.94. The van der Waals surface area contributed by atoms with E-state index in [0.29, 0.717) is 30.9 Å². The fraction of sp³-hybridized carbons (Fsp3) is 0.571. The lowest BCUT2D eigenvalue weighted by Crippen LogP contribution is -2.59. The second-order valence-electron chi connectivity index (χ2n) is 8.61. The highest BCUT2D eigenvalue weighted by molar-refractivity contribution is 5.86. The van der Waals surface area contributed by atoms with Gasteiger partial charge >= 0.3 is 0 Å². The summed E-state index contributed by atoms with van der Waals surface area (Å²) < 4.78 is 0. The number of aryl methyl sites for hydroxylation is 1. The normalized spacial score (nSPS) is 26.3. The maximum Gasteiger partial charge on any atom is 0.230 e. The number of amides is 1. The van der Waals surface area contributed by atoms with Crippen molar-refractivity contribution in [2.75, 3.05) is 36.0 Å². The van der Waals surface area contributed by atoms with Crippen molar-refractivity contribution in [2.45, 2.75) is 38.6 Å². The van der Waals surface area contributed by atoms with E-state index >= 15 is 0 Å². The van der Waals surface area contributed by atoms with Crippen LogP contribution >= 0.6 is 0 Å². The summed E-state index contributed by atoms with van der Waals surface area (Å²) in [7, 11) is 0. The molecule has 152 valence electrons. The van der Waals surface area contributed by atoms with Gasteiger partial charge in [-0.05, 0) is 50.2 Å². The minimum absolute atomic E-state index is 0.00255. The summed E-state index contributed by atoms with van der Waals surface area (Å²) in [6.07, 6.45) is 11.5. The highest BCUT2D eigenvalue weighted by Crippen LogP contribution is 2.44. The summed E-state index contributed by atoms with van der Waals surface area (Å²) in [5, 5.41) is 3.26. The van der Waals surface area contributed by atoms with Crippen LogP contribution < -0.4 is 15.1 Å². The molecular formula is C21H27N7O. The Morgan fingerprint density at radius 3 is 2.66 bits per heavy atom. The topological polar surface area (TPSA) is 87.1 Å². The number of hydrogen-bond donors (Lipinski definition) is 1. The van der Waals surface area contributed by atoms with Crippen LogP contribution in [0.1, 0.15) is 31.2 Å². The van der Waals surface area contributed by atoms with E-state index in [1.165, 1.54) is 12.8 Å². The number of nitrogens with zero attached hydrogens (tertiary/aromatic N) is 6. The van der Waals surface area contributed by atoms with Crippen LogP contribution in [-0.2, 0) is 4.79 Å². The van der Waals surface area contributed by atoms with Crippen LogP contribution in [0.4, 0.5) is 11.9 Å². The van der Waals surface area contributed by atoms with Gasteiger partial charge < -0.3 is 15.1 Å².